The molecule has 0 aliphatic heterocycles. The zero-order valence-electron chi connectivity index (χ0n) is 10.1. The lowest BCUT2D eigenvalue weighted by molar-refractivity contribution is 0.626. The SMILES string of the molecule is CC(Nc1ccc(Br)c(Cl)c1)c1ccc(F)cc1Cl. The van der Waals surface area contributed by atoms with Crippen LogP contribution in [0.25, 0.3) is 0 Å². The average molecular weight is 363 g/mol. The monoisotopic (exact) mass is 361 g/mol. The van der Waals surface area contributed by atoms with Crippen molar-refractivity contribution in [2.24, 2.45) is 0 Å². The first kappa shape index (κ1) is 14.6. The molecular formula is C14H11BrCl2FN. The normalized spacial score (nSPS) is 12.3. The van der Waals surface area contributed by atoms with E-state index in [-0.39, 0.29) is 11.9 Å². The molecule has 0 aliphatic carbocycles. The van der Waals surface area contributed by atoms with Gasteiger partial charge in [0.25, 0.3) is 0 Å². The maximum Gasteiger partial charge on any atom is 0.124 e. The van der Waals surface area contributed by atoms with Crippen LogP contribution in [-0.2, 0) is 0 Å². The van der Waals surface area contributed by atoms with Crippen LogP contribution in [0, 0.1) is 5.82 Å². The van der Waals surface area contributed by atoms with E-state index in [4.69, 9.17) is 23.2 Å². The van der Waals surface area contributed by atoms with Gasteiger partial charge in [-0.05, 0) is 58.7 Å². The molecule has 0 saturated carbocycles. The molecule has 0 radical (unpaired) electrons. The van der Waals surface area contributed by atoms with Crippen LogP contribution in [0.5, 0.6) is 0 Å². The van der Waals surface area contributed by atoms with E-state index < -0.39 is 0 Å². The minimum atomic E-state index is -0.340. The molecule has 5 heteroatoms. The lowest BCUT2D eigenvalue weighted by Crippen LogP contribution is -2.07. The van der Waals surface area contributed by atoms with Gasteiger partial charge in [0.15, 0.2) is 0 Å². The maximum atomic E-state index is 13.0. The van der Waals surface area contributed by atoms with E-state index in [0.717, 1.165) is 15.7 Å². The lowest BCUT2D eigenvalue weighted by Gasteiger charge is -2.17. The summed E-state index contributed by atoms with van der Waals surface area (Å²) in [4.78, 5) is 0. The van der Waals surface area contributed by atoms with Crippen molar-refractivity contribution in [2.75, 3.05) is 5.32 Å². The molecule has 0 fully saturated rings. The average Bonchev–Trinajstić information content (AvgIpc) is 2.33. The third-order valence-corrected chi connectivity index (χ3v) is 4.29. The molecule has 0 amide bonds. The molecule has 0 bridgehead atoms. The third kappa shape index (κ3) is 3.62. The number of rotatable bonds is 3. The molecule has 19 heavy (non-hydrogen) atoms. The van der Waals surface area contributed by atoms with Gasteiger partial charge in [0.2, 0.25) is 0 Å². The predicted molar refractivity (Wildman–Crippen MR) is 82.6 cm³/mol. The van der Waals surface area contributed by atoms with E-state index in [9.17, 15) is 4.39 Å². The van der Waals surface area contributed by atoms with Gasteiger partial charge in [-0.3, -0.25) is 0 Å². The highest BCUT2D eigenvalue weighted by Crippen LogP contribution is 2.30. The van der Waals surface area contributed by atoms with Crippen molar-refractivity contribution in [3.8, 4) is 0 Å². The van der Waals surface area contributed by atoms with E-state index in [0.29, 0.717) is 10.0 Å². The van der Waals surface area contributed by atoms with Crippen LogP contribution < -0.4 is 5.32 Å². The van der Waals surface area contributed by atoms with Gasteiger partial charge in [-0.15, -0.1) is 0 Å². The Labute approximate surface area is 129 Å². The third-order valence-electron chi connectivity index (χ3n) is 2.73. The van der Waals surface area contributed by atoms with Crippen molar-refractivity contribution in [2.45, 2.75) is 13.0 Å². The van der Waals surface area contributed by atoms with Crippen LogP contribution in [0.2, 0.25) is 10.0 Å². The molecule has 1 atom stereocenters. The molecule has 2 aromatic carbocycles. The van der Waals surface area contributed by atoms with Gasteiger partial charge in [0, 0.05) is 21.2 Å². The molecule has 0 heterocycles. The van der Waals surface area contributed by atoms with Crippen LogP contribution in [0.4, 0.5) is 10.1 Å². The summed E-state index contributed by atoms with van der Waals surface area (Å²) >= 11 is 15.4. The Morgan fingerprint density at radius 1 is 1.11 bits per heavy atom. The van der Waals surface area contributed by atoms with Crippen molar-refractivity contribution in [3.05, 3.63) is 62.3 Å². The number of nitrogens with one attached hydrogen (secondary N) is 1. The second-order valence-corrected chi connectivity index (χ2v) is 5.83. The summed E-state index contributed by atoms with van der Waals surface area (Å²) < 4.78 is 13.8. The van der Waals surface area contributed by atoms with Gasteiger partial charge in [-0.25, -0.2) is 4.39 Å². The van der Waals surface area contributed by atoms with E-state index in [1.54, 1.807) is 6.07 Å². The number of anilines is 1. The highest BCUT2D eigenvalue weighted by Gasteiger charge is 2.11. The maximum absolute atomic E-state index is 13.0. The molecule has 1 nitrogen and oxygen atoms in total. The highest BCUT2D eigenvalue weighted by atomic mass is 79.9. The van der Waals surface area contributed by atoms with Crippen molar-refractivity contribution in [1.82, 2.24) is 0 Å². The van der Waals surface area contributed by atoms with Gasteiger partial charge in [-0.2, -0.15) is 0 Å². The lowest BCUT2D eigenvalue weighted by atomic mass is 10.1. The largest absolute Gasteiger partial charge is 0.378 e. The van der Waals surface area contributed by atoms with E-state index in [1.807, 2.05) is 25.1 Å². The summed E-state index contributed by atoms with van der Waals surface area (Å²) in [6, 6.07) is 9.92. The first-order valence-corrected chi connectivity index (χ1v) is 7.19. The summed E-state index contributed by atoms with van der Waals surface area (Å²) in [6.45, 7) is 1.95. The van der Waals surface area contributed by atoms with Crippen LogP contribution in [0.3, 0.4) is 0 Å². The zero-order valence-corrected chi connectivity index (χ0v) is 13.2. The zero-order chi connectivity index (χ0) is 14.0. The first-order valence-electron chi connectivity index (χ1n) is 5.64. The van der Waals surface area contributed by atoms with Gasteiger partial charge < -0.3 is 5.32 Å². The molecule has 0 aliphatic rings. The van der Waals surface area contributed by atoms with Crippen molar-refractivity contribution in [3.63, 3.8) is 0 Å². The summed E-state index contributed by atoms with van der Waals surface area (Å²) in [5, 5.41) is 4.31. The molecule has 0 spiro atoms. The number of benzene rings is 2. The van der Waals surface area contributed by atoms with Crippen LogP contribution in [-0.4, -0.2) is 0 Å². The molecule has 100 valence electrons. The second kappa shape index (κ2) is 6.12. The fraction of sp³-hybridized carbons (Fsp3) is 0.143. The molecule has 1 unspecified atom stereocenters. The predicted octanol–water partition coefficient (Wildman–Crippen LogP) is 6.07. The number of hydrogen-bond donors (Lipinski definition) is 1. The Bertz CT molecular complexity index is 604. The van der Waals surface area contributed by atoms with E-state index >= 15 is 0 Å². The molecule has 0 aromatic heterocycles. The quantitative estimate of drug-likeness (QED) is 0.698. The van der Waals surface area contributed by atoms with Gasteiger partial charge in [0.05, 0.1) is 5.02 Å². The van der Waals surface area contributed by atoms with Crippen molar-refractivity contribution >= 4 is 44.8 Å². The Morgan fingerprint density at radius 3 is 2.47 bits per heavy atom. The van der Waals surface area contributed by atoms with Gasteiger partial charge >= 0.3 is 0 Å². The number of hydrogen-bond acceptors (Lipinski definition) is 1. The fourth-order valence-electron chi connectivity index (χ4n) is 1.77. The Morgan fingerprint density at radius 2 is 1.84 bits per heavy atom. The van der Waals surface area contributed by atoms with Crippen molar-refractivity contribution < 1.29 is 4.39 Å². The summed E-state index contributed by atoms with van der Waals surface area (Å²) in [5.41, 5.74) is 1.71. The van der Waals surface area contributed by atoms with E-state index in [2.05, 4.69) is 21.2 Å². The summed E-state index contributed by atoms with van der Waals surface area (Å²) in [5.74, 6) is -0.340. The molecule has 1 N–H and O–H groups in total. The Hall–Kier alpha value is -0.770. The van der Waals surface area contributed by atoms with Gasteiger partial charge in [0.1, 0.15) is 5.82 Å². The molecule has 0 saturated heterocycles. The number of halogens is 4. The Balaban J connectivity index is 2.20. The van der Waals surface area contributed by atoms with Crippen LogP contribution in [0.15, 0.2) is 40.9 Å². The minimum Gasteiger partial charge on any atom is -0.378 e. The van der Waals surface area contributed by atoms with Crippen LogP contribution >= 0.6 is 39.1 Å². The molecule has 2 aromatic rings. The summed E-state index contributed by atoms with van der Waals surface area (Å²) in [7, 11) is 0. The van der Waals surface area contributed by atoms with Crippen molar-refractivity contribution in [1.29, 1.82) is 0 Å². The van der Waals surface area contributed by atoms with Gasteiger partial charge in [-0.1, -0.05) is 29.3 Å². The minimum absolute atomic E-state index is 0.0506. The summed E-state index contributed by atoms with van der Waals surface area (Å²) in [6.07, 6.45) is 0. The van der Waals surface area contributed by atoms with E-state index in [1.165, 1.54) is 12.1 Å². The Kier molecular flexibility index (Phi) is 4.71. The smallest absolute Gasteiger partial charge is 0.124 e. The second-order valence-electron chi connectivity index (χ2n) is 4.16. The van der Waals surface area contributed by atoms with Crippen LogP contribution in [0.1, 0.15) is 18.5 Å². The standard InChI is InChI=1S/C14H11BrCl2FN/c1-8(11-4-2-9(18)6-13(11)16)19-10-3-5-12(15)14(17)7-10/h2-8,19H,1H3. The molecule has 2 rings (SSSR count). The fourth-order valence-corrected chi connectivity index (χ4v) is 2.52. The first-order chi connectivity index (χ1) is 8.97. The highest BCUT2D eigenvalue weighted by molar-refractivity contribution is 9.10. The topological polar surface area (TPSA) is 12.0 Å². The molecular weight excluding hydrogens is 352 g/mol.